The van der Waals surface area contributed by atoms with Crippen LogP contribution in [0, 0.1) is 17.6 Å². The zero-order chi connectivity index (χ0) is 15.8. The van der Waals surface area contributed by atoms with Crippen LogP contribution in [0.3, 0.4) is 0 Å². The highest BCUT2D eigenvalue weighted by molar-refractivity contribution is 5.49. The third-order valence-corrected chi connectivity index (χ3v) is 3.77. The largest absolute Gasteiger partial charge is 0.368 e. The predicted octanol–water partition coefficient (Wildman–Crippen LogP) is 4.44. The second-order valence-electron chi connectivity index (χ2n) is 5.27. The Morgan fingerprint density at radius 1 is 1.14 bits per heavy atom. The molecule has 21 heavy (non-hydrogen) atoms. The summed E-state index contributed by atoms with van der Waals surface area (Å²) in [5.74, 6) is -0.366. The van der Waals surface area contributed by atoms with Gasteiger partial charge >= 0.3 is 0 Å². The van der Waals surface area contributed by atoms with Gasteiger partial charge in [-0.05, 0) is 19.3 Å². The summed E-state index contributed by atoms with van der Waals surface area (Å²) in [5.41, 5.74) is 0. The van der Waals surface area contributed by atoms with Crippen molar-refractivity contribution in [3.05, 3.63) is 17.7 Å². The summed E-state index contributed by atoms with van der Waals surface area (Å²) in [7, 11) is 0. The average Bonchev–Trinajstić information content (AvgIpc) is 2.48. The maximum absolute atomic E-state index is 14.1. The normalized spacial score (nSPS) is 11.0. The van der Waals surface area contributed by atoms with Crippen LogP contribution in [0.2, 0.25) is 0 Å². The lowest BCUT2D eigenvalue weighted by Gasteiger charge is -2.27. The summed E-state index contributed by atoms with van der Waals surface area (Å²) < 4.78 is 27.8. The third-order valence-electron chi connectivity index (χ3n) is 3.77. The first kappa shape index (κ1) is 17.7. The van der Waals surface area contributed by atoms with Gasteiger partial charge in [-0.1, -0.05) is 33.6 Å². The van der Waals surface area contributed by atoms with Gasteiger partial charge in [0.05, 0.1) is 0 Å². The molecular formula is C16H27F2N3. The quantitative estimate of drug-likeness (QED) is 0.730. The van der Waals surface area contributed by atoms with E-state index in [-0.39, 0.29) is 11.6 Å². The van der Waals surface area contributed by atoms with E-state index in [0.29, 0.717) is 19.0 Å². The molecule has 1 heterocycles. The van der Waals surface area contributed by atoms with Gasteiger partial charge in [-0.15, -0.1) is 0 Å². The van der Waals surface area contributed by atoms with Gasteiger partial charge in [-0.3, -0.25) is 0 Å². The van der Waals surface area contributed by atoms with E-state index in [1.807, 2.05) is 18.7 Å². The van der Waals surface area contributed by atoms with E-state index >= 15 is 0 Å². The molecule has 5 heteroatoms. The molecule has 0 atom stereocenters. The molecule has 0 aliphatic rings. The second kappa shape index (κ2) is 8.80. The van der Waals surface area contributed by atoms with Gasteiger partial charge in [0, 0.05) is 25.7 Å². The Morgan fingerprint density at radius 3 is 2.33 bits per heavy atom. The van der Waals surface area contributed by atoms with Crippen LogP contribution in [0.25, 0.3) is 0 Å². The van der Waals surface area contributed by atoms with Gasteiger partial charge in [-0.2, -0.15) is 0 Å². The Labute approximate surface area is 126 Å². The highest BCUT2D eigenvalue weighted by atomic mass is 19.1. The van der Waals surface area contributed by atoms with Crippen molar-refractivity contribution in [3.63, 3.8) is 0 Å². The molecule has 0 bridgehead atoms. The molecule has 0 amide bonds. The summed E-state index contributed by atoms with van der Waals surface area (Å²) in [4.78, 5) is 6.06. The van der Waals surface area contributed by atoms with Gasteiger partial charge in [0.1, 0.15) is 0 Å². The smallest absolute Gasteiger partial charge is 0.168 e. The van der Waals surface area contributed by atoms with Gasteiger partial charge in [0.15, 0.2) is 23.3 Å². The minimum atomic E-state index is -0.636. The van der Waals surface area contributed by atoms with Crippen molar-refractivity contribution in [1.82, 2.24) is 4.98 Å². The first-order chi connectivity index (χ1) is 10.1. The molecule has 3 nitrogen and oxygen atoms in total. The standard InChI is InChI=1S/C16H27F2N3/c1-5-9-19-15-13(17)10-14(18)16(20-15)21(8-4)11-12(6-2)7-3/h10,12H,5-9,11H2,1-4H3,(H,19,20). The van der Waals surface area contributed by atoms with Crippen LogP contribution in [-0.2, 0) is 0 Å². The monoisotopic (exact) mass is 299 g/mol. The van der Waals surface area contributed by atoms with E-state index < -0.39 is 11.6 Å². The van der Waals surface area contributed by atoms with E-state index in [0.717, 1.165) is 31.9 Å². The molecule has 1 rings (SSSR count). The number of nitrogens with zero attached hydrogens (tertiary/aromatic N) is 2. The molecule has 0 unspecified atom stereocenters. The van der Waals surface area contributed by atoms with Crippen molar-refractivity contribution < 1.29 is 8.78 Å². The minimum absolute atomic E-state index is 0.135. The van der Waals surface area contributed by atoms with Gasteiger partial charge in [0.2, 0.25) is 0 Å². The van der Waals surface area contributed by atoms with E-state index in [9.17, 15) is 8.78 Å². The van der Waals surface area contributed by atoms with Gasteiger partial charge in [0.25, 0.3) is 0 Å². The number of rotatable bonds is 9. The molecule has 0 fully saturated rings. The zero-order valence-corrected chi connectivity index (χ0v) is 13.5. The maximum Gasteiger partial charge on any atom is 0.168 e. The zero-order valence-electron chi connectivity index (χ0n) is 13.5. The van der Waals surface area contributed by atoms with Crippen molar-refractivity contribution in [3.8, 4) is 0 Å². The summed E-state index contributed by atoms with van der Waals surface area (Å²) in [6.45, 7) is 10.2. The number of hydrogen-bond donors (Lipinski definition) is 1. The number of anilines is 2. The average molecular weight is 299 g/mol. The second-order valence-corrected chi connectivity index (χ2v) is 5.27. The molecule has 1 aromatic rings. The minimum Gasteiger partial charge on any atom is -0.368 e. The Balaban J connectivity index is 3.01. The summed E-state index contributed by atoms with van der Waals surface area (Å²) in [6, 6.07) is 0.926. The molecule has 0 radical (unpaired) electrons. The van der Waals surface area contributed by atoms with Crippen molar-refractivity contribution in [2.45, 2.75) is 47.0 Å². The number of pyridine rings is 1. The first-order valence-electron chi connectivity index (χ1n) is 7.92. The number of nitrogens with one attached hydrogen (secondary N) is 1. The van der Waals surface area contributed by atoms with E-state index in [1.165, 1.54) is 0 Å². The molecule has 0 aliphatic heterocycles. The van der Waals surface area contributed by atoms with Gasteiger partial charge < -0.3 is 10.2 Å². The lowest BCUT2D eigenvalue weighted by molar-refractivity contribution is 0.478. The Hall–Kier alpha value is -1.39. The maximum atomic E-state index is 14.1. The van der Waals surface area contributed by atoms with Crippen LogP contribution in [0.5, 0.6) is 0 Å². The fraction of sp³-hybridized carbons (Fsp3) is 0.688. The number of halogens is 2. The molecule has 1 N–H and O–H groups in total. The molecule has 0 saturated heterocycles. The lowest BCUT2D eigenvalue weighted by atomic mass is 10.0. The molecule has 0 aromatic carbocycles. The Kier molecular flexibility index (Phi) is 7.40. The molecule has 0 aliphatic carbocycles. The fourth-order valence-electron chi connectivity index (χ4n) is 2.27. The topological polar surface area (TPSA) is 28.2 Å². The van der Waals surface area contributed by atoms with E-state index in [1.54, 1.807) is 0 Å². The van der Waals surface area contributed by atoms with Crippen LogP contribution in [0.4, 0.5) is 20.4 Å². The van der Waals surface area contributed by atoms with Crippen LogP contribution in [0.1, 0.15) is 47.0 Å². The lowest BCUT2D eigenvalue weighted by Crippen LogP contribution is -2.31. The van der Waals surface area contributed by atoms with Crippen LogP contribution >= 0.6 is 0 Å². The SMILES string of the molecule is CCCNc1nc(N(CC)CC(CC)CC)c(F)cc1F. The van der Waals surface area contributed by atoms with Crippen molar-refractivity contribution in [1.29, 1.82) is 0 Å². The molecular weight excluding hydrogens is 272 g/mol. The Bertz CT molecular complexity index is 434. The van der Waals surface area contributed by atoms with E-state index in [4.69, 9.17) is 0 Å². The summed E-state index contributed by atoms with van der Waals surface area (Å²) in [5, 5.41) is 2.91. The predicted molar refractivity (Wildman–Crippen MR) is 84.9 cm³/mol. The van der Waals surface area contributed by atoms with E-state index in [2.05, 4.69) is 24.1 Å². The highest BCUT2D eigenvalue weighted by Crippen LogP contribution is 2.24. The molecule has 0 spiro atoms. The van der Waals surface area contributed by atoms with Crippen molar-refractivity contribution in [2.24, 2.45) is 5.92 Å². The highest BCUT2D eigenvalue weighted by Gasteiger charge is 2.18. The third kappa shape index (κ3) is 4.83. The van der Waals surface area contributed by atoms with Crippen molar-refractivity contribution >= 4 is 11.6 Å². The summed E-state index contributed by atoms with van der Waals surface area (Å²) >= 11 is 0. The number of hydrogen-bond acceptors (Lipinski definition) is 3. The Morgan fingerprint density at radius 2 is 1.81 bits per heavy atom. The summed E-state index contributed by atoms with van der Waals surface area (Å²) in [6.07, 6.45) is 2.94. The fourth-order valence-corrected chi connectivity index (χ4v) is 2.27. The molecule has 1 aromatic heterocycles. The van der Waals surface area contributed by atoms with Crippen LogP contribution < -0.4 is 10.2 Å². The van der Waals surface area contributed by atoms with Crippen LogP contribution in [-0.4, -0.2) is 24.6 Å². The number of aromatic nitrogens is 1. The first-order valence-corrected chi connectivity index (χ1v) is 7.92. The molecule has 0 saturated carbocycles. The van der Waals surface area contributed by atoms with Gasteiger partial charge in [-0.25, -0.2) is 13.8 Å². The van der Waals surface area contributed by atoms with Crippen LogP contribution in [0.15, 0.2) is 6.07 Å². The molecule has 120 valence electrons. The van der Waals surface area contributed by atoms with Crippen molar-refractivity contribution in [2.75, 3.05) is 29.9 Å².